The molecule has 2 aromatic rings. The van der Waals surface area contributed by atoms with E-state index in [1.807, 2.05) is 55.5 Å². The summed E-state index contributed by atoms with van der Waals surface area (Å²) >= 11 is 0. The zero-order valence-corrected chi connectivity index (χ0v) is 15.6. The Morgan fingerprint density at radius 3 is 2.32 bits per heavy atom. The molecule has 0 aromatic heterocycles. The van der Waals surface area contributed by atoms with Gasteiger partial charge in [0.2, 0.25) is 5.91 Å². The van der Waals surface area contributed by atoms with E-state index in [1.54, 1.807) is 19.1 Å². The lowest BCUT2D eigenvalue weighted by atomic mass is 10.1. The molecule has 25 heavy (non-hydrogen) atoms. The quantitative estimate of drug-likeness (QED) is 0.820. The second-order valence-corrected chi connectivity index (χ2v) is 5.65. The Kier molecular flexibility index (Phi) is 8.25. The van der Waals surface area contributed by atoms with Gasteiger partial charge in [0.15, 0.2) is 11.5 Å². The Hall–Kier alpha value is -2.24. The smallest absolute Gasteiger partial charge is 0.243 e. The number of nitrogens with zero attached hydrogens (tertiary/aromatic N) is 1. The number of rotatable bonds is 7. The average Bonchev–Trinajstić information content (AvgIpc) is 2.61. The van der Waals surface area contributed by atoms with E-state index in [-0.39, 0.29) is 18.3 Å². The molecule has 2 rings (SSSR count). The molecule has 0 bridgehead atoms. The summed E-state index contributed by atoms with van der Waals surface area (Å²) in [5.41, 5.74) is 8.01. The molecule has 1 unspecified atom stereocenters. The normalized spacial score (nSPS) is 11.2. The number of likely N-dealkylation sites (N-methyl/N-ethyl adjacent to an activating group) is 1. The number of methoxy groups -OCH3 is 1. The van der Waals surface area contributed by atoms with E-state index in [0.717, 1.165) is 11.1 Å². The maximum atomic E-state index is 12.4. The summed E-state index contributed by atoms with van der Waals surface area (Å²) in [4.78, 5) is 14.0. The Labute approximate surface area is 155 Å². The van der Waals surface area contributed by atoms with Gasteiger partial charge in [-0.15, -0.1) is 12.4 Å². The third-order valence-corrected chi connectivity index (χ3v) is 3.83. The van der Waals surface area contributed by atoms with Crippen molar-refractivity contribution in [2.45, 2.75) is 13.0 Å². The molecule has 0 heterocycles. The second-order valence-electron chi connectivity index (χ2n) is 5.65. The summed E-state index contributed by atoms with van der Waals surface area (Å²) in [7, 11) is 3.32. The molecule has 0 fully saturated rings. The fourth-order valence-corrected chi connectivity index (χ4v) is 2.29. The van der Waals surface area contributed by atoms with Crippen LogP contribution in [0, 0.1) is 6.92 Å². The number of amides is 1. The summed E-state index contributed by atoms with van der Waals surface area (Å²) in [5, 5.41) is 0. The summed E-state index contributed by atoms with van der Waals surface area (Å²) in [6.45, 7) is 2.80. The summed E-state index contributed by atoms with van der Waals surface area (Å²) < 4.78 is 10.9. The van der Waals surface area contributed by atoms with Crippen LogP contribution in [0.4, 0.5) is 0 Å². The molecule has 0 spiro atoms. The van der Waals surface area contributed by atoms with Crippen molar-refractivity contribution in [3.05, 3.63) is 59.7 Å². The molecule has 5 nitrogen and oxygen atoms in total. The third kappa shape index (κ3) is 5.66. The summed E-state index contributed by atoms with van der Waals surface area (Å²) in [5.74, 6) is 1.19. The number of benzene rings is 2. The maximum absolute atomic E-state index is 12.4. The van der Waals surface area contributed by atoms with Gasteiger partial charge >= 0.3 is 0 Å². The van der Waals surface area contributed by atoms with Crippen molar-refractivity contribution in [2.24, 2.45) is 5.73 Å². The molecule has 1 amide bonds. The van der Waals surface area contributed by atoms with E-state index >= 15 is 0 Å². The van der Waals surface area contributed by atoms with E-state index in [4.69, 9.17) is 15.2 Å². The highest BCUT2D eigenvalue weighted by Crippen LogP contribution is 2.25. The Morgan fingerprint density at radius 1 is 1.12 bits per heavy atom. The minimum absolute atomic E-state index is 0. The topological polar surface area (TPSA) is 64.8 Å². The molecule has 2 aromatic carbocycles. The van der Waals surface area contributed by atoms with Crippen LogP contribution in [-0.2, 0) is 4.79 Å². The van der Waals surface area contributed by atoms with Crippen LogP contribution in [0.3, 0.4) is 0 Å². The fourth-order valence-electron chi connectivity index (χ4n) is 2.29. The van der Waals surface area contributed by atoms with Gasteiger partial charge in [0, 0.05) is 7.05 Å². The molecule has 0 aliphatic rings. The summed E-state index contributed by atoms with van der Waals surface area (Å²) in [6, 6.07) is 14.4. The first-order valence-electron chi connectivity index (χ1n) is 7.86. The van der Waals surface area contributed by atoms with Crippen molar-refractivity contribution < 1.29 is 14.3 Å². The van der Waals surface area contributed by atoms with Gasteiger partial charge in [-0.25, -0.2) is 0 Å². The second kappa shape index (κ2) is 9.91. The standard InChI is InChI=1S/C19H24N2O3.ClH/c1-14-8-10-15(11-9-14)18(20)19(22)21(2)12-13-24-17-7-5-4-6-16(17)23-3;/h4-11,18H,12-13,20H2,1-3H3;1H. The molecule has 2 N–H and O–H groups in total. The van der Waals surface area contributed by atoms with E-state index in [1.165, 1.54) is 0 Å². The van der Waals surface area contributed by atoms with Gasteiger partial charge in [-0.2, -0.15) is 0 Å². The Balaban J connectivity index is 0.00000312. The van der Waals surface area contributed by atoms with Gasteiger partial charge in [-0.3, -0.25) is 4.79 Å². The predicted octanol–water partition coefficient (Wildman–Crippen LogP) is 2.96. The minimum Gasteiger partial charge on any atom is -0.493 e. The van der Waals surface area contributed by atoms with Gasteiger partial charge in [0.25, 0.3) is 0 Å². The molecule has 0 aliphatic carbocycles. The number of halogens is 1. The van der Waals surface area contributed by atoms with Gasteiger partial charge in [-0.1, -0.05) is 42.0 Å². The number of hydrogen-bond acceptors (Lipinski definition) is 4. The first kappa shape index (κ1) is 20.8. The molecule has 0 radical (unpaired) electrons. The van der Waals surface area contributed by atoms with Gasteiger partial charge in [-0.05, 0) is 24.6 Å². The van der Waals surface area contributed by atoms with E-state index < -0.39 is 6.04 Å². The molecular formula is C19H25ClN2O3. The van der Waals surface area contributed by atoms with Crippen LogP contribution in [-0.4, -0.2) is 38.1 Å². The molecular weight excluding hydrogens is 340 g/mol. The lowest BCUT2D eigenvalue weighted by molar-refractivity contribution is -0.131. The van der Waals surface area contributed by atoms with Crippen molar-refractivity contribution in [2.75, 3.05) is 27.3 Å². The lowest BCUT2D eigenvalue weighted by Gasteiger charge is -2.22. The van der Waals surface area contributed by atoms with E-state index in [2.05, 4.69) is 0 Å². The van der Waals surface area contributed by atoms with E-state index in [9.17, 15) is 4.79 Å². The molecule has 0 aliphatic heterocycles. The highest BCUT2D eigenvalue weighted by molar-refractivity contribution is 5.85. The number of para-hydroxylation sites is 2. The van der Waals surface area contributed by atoms with Crippen LogP contribution in [0.25, 0.3) is 0 Å². The average molecular weight is 365 g/mol. The fraction of sp³-hybridized carbons (Fsp3) is 0.316. The van der Waals surface area contributed by atoms with Crippen molar-refractivity contribution in [1.29, 1.82) is 0 Å². The van der Waals surface area contributed by atoms with Crippen molar-refractivity contribution in [3.8, 4) is 11.5 Å². The monoisotopic (exact) mass is 364 g/mol. The number of carbonyl (C=O) groups is 1. The maximum Gasteiger partial charge on any atom is 0.243 e. The first-order chi connectivity index (χ1) is 11.5. The molecule has 6 heteroatoms. The SMILES string of the molecule is COc1ccccc1OCCN(C)C(=O)C(N)c1ccc(C)cc1.Cl. The zero-order valence-electron chi connectivity index (χ0n) is 14.8. The minimum atomic E-state index is -0.665. The van der Waals surface area contributed by atoms with Crippen LogP contribution in [0.5, 0.6) is 11.5 Å². The third-order valence-electron chi connectivity index (χ3n) is 3.83. The van der Waals surface area contributed by atoms with Crippen LogP contribution < -0.4 is 15.2 Å². The van der Waals surface area contributed by atoms with Crippen LogP contribution in [0.1, 0.15) is 17.2 Å². The lowest BCUT2D eigenvalue weighted by Crippen LogP contribution is -2.38. The number of hydrogen-bond donors (Lipinski definition) is 1. The van der Waals surface area contributed by atoms with Gasteiger partial charge in [0.1, 0.15) is 12.6 Å². The van der Waals surface area contributed by atoms with Crippen molar-refractivity contribution >= 4 is 18.3 Å². The first-order valence-corrected chi connectivity index (χ1v) is 7.86. The largest absolute Gasteiger partial charge is 0.493 e. The number of nitrogens with two attached hydrogens (primary N) is 1. The molecule has 0 saturated carbocycles. The van der Waals surface area contributed by atoms with Crippen LogP contribution in [0.2, 0.25) is 0 Å². The molecule has 136 valence electrons. The number of carbonyl (C=O) groups excluding carboxylic acids is 1. The number of ether oxygens (including phenoxy) is 2. The molecule has 0 saturated heterocycles. The number of aryl methyl sites for hydroxylation is 1. The van der Waals surface area contributed by atoms with Gasteiger partial charge < -0.3 is 20.1 Å². The van der Waals surface area contributed by atoms with Crippen LogP contribution in [0.15, 0.2) is 48.5 Å². The summed E-state index contributed by atoms with van der Waals surface area (Å²) in [6.07, 6.45) is 0. The molecule has 1 atom stereocenters. The van der Waals surface area contributed by atoms with Crippen LogP contribution >= 0.6 is 12.4 Å². The van der Waals surface area contributed by atoms with Crippen molar-refractivity contribution in [1.82, 2.24) is 4.90 Å². The van der Waals surface area contributed by atoms with Gasteiger partial charge in [0.05, 0.1) is 13.7 Å². The Morgan fingerprint density at radius 2 is 1.72 bits per heavy atom. The highest BCUT2D eigenvalue weighted by atomic mass is 35.5. The van der Waals surface area contributed by atoms with Crippen molar-refractivity contribution in [3.63, 3.8) is 0 Å². The Bertz CT molecular complexity index is 677. The zero-order chi connectivity index (χ0) is 17.5. The van der Waals surface area contributed by atoms with E-state index in [0.29, 0.717) is 24.7 Å². The predicted molar refractivity (Wildman–Crippen MR) is 101 cm³/mol. The highest BCUT2D eigenvalue weighted by Gasteiger charge is 2.19.